The molecule has 0 aliphatic carbocycles. The van der Waals surface area contributed by atoms with Crippen LogP contribution >= 0.6 is 23.2 Å². The first-order valence-electron chi connectivity index (χ1n) is 8.68. The minimum absolute atomic E-state index is 0.0844. The fraction of sp³-hybridized carbons (Fsp3) is 0.263. The van der Waals surface area contributed by atoms with Crippen LogP contribution in [0.1, 0.15) is 22.8 Å². The molecule has 5 nitrogen and oxygen atoms in total. The van der Waals surface area contributed by atoms with Crippen molar-refractivity contribution in [3.8, 4) is 0 Å². The number of alkyl halides is 6. The Morgan fingerprint density at radius 2 is 1.66 bits per heavy atom. The molecule has 0 saturated carbocycles. The second kappa shape index (κ2) is 9.45. The molecule has 0 aromatic heterocycles. The number of hydrogen-bond donors (Lipinski definition) is 2. The number of carbonyl (C=O) groups is 2. The molecule has 2 aromatic rings. The maximum Gasteiger partial charge on any atom is 0.441 e. The van der Waals surface area contributed by atoms with E-state index < -0.39 is 53.3 Å². The summed E-state index contributed by atoms with van der Waals surface area (Å²) in [5.74, 6) is -3.46. The Hall–Kier alpha value is -2.66. The van der Waals surface area contributed by atoms with E-state index in [-0.39, 0.29) is 10.0 Å². The lowest BCUT2D eigenvalue weighted by molar-refractivity contribution is -0.204. The number of hydrogen-bond acceptors (Lipinski definition) is 4. The summed E-state index contributed by atoms with van der Waals surface area (Å²) in [6.45, 7) is 0.694. The largest absolute Gasteiger partial charge is 0.463 e. The number of nitrogens with one attached hydrogen (secondary N) is 2. The summed E-state index contributed by atoms with van der Waals surface area (Å²) in [6.07, 6.45) is -10.4. The third kappa shape index (κ3) is 5.57. The molecule has 1 amide bonds. The maximum absolute atomic E-state index is 14.2. The van der Waals surface area contributed by atoms with E-state index >= 15 is 0 Å². The average Bonchev–Trinajstić information content (AvgIpc) is 2.66. The smallest absolute Gasteiger partial charge is 0.441 e. The molecule has 0 saturated heterocycles. The second-order valence-electron chi connectivity index (χ2n) is 6.25. The van der Waals surface area contributed by atoms with Crippen molar-refractivity contribution in [1.82, 2.24) is 5.32 Å². The second-order valence-corrected chi connectivity index (χ2v) is 7.09. The van der Waals surface area contributed by atoms with E-state index in [0.29, 0.717) is 12.1 Å². The van der Waals surface area contributed by atoms with Gasteiger partial charge in [0, 0.05) is 10.7 Å². The molecule has 0 aliphatic heterocycles. The van der Waals surface area contributed by atoms with E-state index in [9.17, 15) is 35.9 Å². The zero-order valence-electron chi connectivity index (χ0n) is 16.0. The Morgan fingerprint density at radius 1 is 1.00 bits per heavy atom. The molecule has 174 valence electrons. The fourth-order valence-corrected chi connectivity index (χ4v) is 3.03. The molecule has 1 atom stereocenters. The van der Waals surface area contributed by atoms with Gasteiger partial charge in [0.05, 0.1) is 22.8 Å². The highest BCUT2D eigenvalue weighted by atomic mass is 35.5. The normalized spacial score (nSPS) is 13.8. The van der Waals surface area contributed by atoms with Crippen molar-refractivity contribution >= 4 is 40.8 Å². The topological polar surface area (TPSA) is 67.4 Å². The van der Waals surface area contributed by atoms with E-state index in [4.69, 9.17) is 23.2 Å². The standard InChI is InChI=1S/C19H14Cl2F6N2O3/c1-2-32-16(31)17(19(25,26)27,28-12-5-3-4-10(8-12)18(22,23)24)29-15(30)13-7-6-11(20)9-14(13)21/h3-9,28H,2H2,1H3,(H,29,30). The van der Waals surface area contributed by atoms with Crippen molar-refractivity contribution in [2.75, 3.05) is 11.9 Å². The van der Waals surface area contributed by atoms with E-state index in [1.165, 1.54) is 18.3 Å². The van der Waals surface area contributed by atoms with Gasteiger partial charge in [-0.15, -0.1) is 0 Å². The van der Waals surface area contributed by atoms with Crippen molar-refractivity contribution < 1.29 is 40.7 Å². The van der Waals surface area contributed by atoms with Crippen LogP contribution in [0, 0.1) is 0 Å². The van der Waals surface area contributed by atoms with Crippen LogP contribution in [-0.4, -0.2) is 30.3 Å². The molecular weight excluding hydrogens is 489 g/mol. The summed E-state index contributed by atoms with van der Waals surface area (Å²) in [5.41, 5.74) is -6.45. The Labute approximate surface area is 187 Å². The molecule has 2 N–H and O–H groups in total. The lowest BCUT2D eigenvalue weighted by Crippen LogP contribution is -2.69. The molecule has 2 rings (SSSR count). The van der Waals surface area contributed by atoms with Crippen molar-refractivity contribution in [2.24, 2.45) is 0 Å². The number of benzene rings is 2. The number of amides is 1. The molecule has 0 fully saturated rings. The summed E-state index contributed by atoms with van der Waals surface area (Å²) in [6, 6.07) is 5.92. The number of esters is 1. The molecule has 0 heterocycles. The van der Waals surface area contributed by atoms with Crippen LogP contribution in [0.5, 0.6) is 0 Å². The van der Waals surface area contributed by atoms with Gasteiger partial charge in [0.1, 0.15) is 0 Å². The molecule has 0 bridgehead atoms. The number of rotatable bonds is 6. The molecule has 32 heavy (non-hydrogen) atoms. The predicted octanol–water partition coefficient (Wildman–Crippen LogP) is 5.68. The summed E-state index contributed by atoms with van der Waals surface area (Å²) in [4.78, 5) is 25.0. The minimum Gasteiger partial charge on any atom is -0.463 e. The van der Waals surface area contributed by atoms with Gasteiger partial charge in [-0.05, 0) is 43.3 Å². The summed E-state index contributed by atoms with van der Waals surface area (Å²) in [5, 5.41) is 2.90. The maximum atomic E-state index is 14.2. The molecular formula is C19H14Cl2F6N2O3. The lowest BCUT2D eigenvalue weighted by Gasteiger charge is -2.35. The molecule has 13 heteroatoms. The van der Waals surface area contributed by atoms with Gasteiger partial charge in [-0.25, -0.2) is 4.79 Å². The molecule has 1 unspecified atom stereocenters. The predicted molar refractivity (Wildman–Crippen MR) is 104 cm³/mol. The van der Waals surface area contributed by atoms with E-state index in [1.807, 2.05) is 0 Å². The first-order chi connectivity index (χ1) is 14.7. The van der Waals surface area contributed by atoms with Crippen LogP contribution in [-0.2, 0) is 15.7 Å². The molecule has 0 spiro atoms. The van der Waals surface area contributed by atoms with E-state index in [2.05, 4.69) is 4.74 Å². The lowest BCUT2D eigenvalue weighted by atomic mass is 10.1. The molecule has 0 aliphatic rings. The number of carbonyl (C=O) groups excluding carboxylic acids is 2. The minimum atomic E-state index is -5.55. The highest BCUT2D eigenvalue weighted by molar-refractivity contribution is 6.36. The quantitative estimate of drug-likeness (QED) is 0.303. The van der Waals surface area contributed by atoms with Crippen LogP contribution in [0.4, 0.5) is 32.0 Å². The summed E-state index contributed by atoms with van der Waals surface area (Å²) in [7, 11) is 0. The zero-order valence-corrected chi connectivity index (χ0v) is 17.5. The summed E-state index contributed by atoms with van der Waals surface area (Å²) < 4.78 is 85.9. The number of halogens is 8. The van der Waals surface area contributed by atoms with Gasteiger partial charge in [-0.3, -0.25) is 4.79 Å². The van der Waals surface area contributed by atoms with Crippen LogP contribution in [0.15, 0.2) is 42.5 Å². The molecule has 2 aromatic carbocycles. The van der Waals surface area contributed by atoms with Gasteiger partial charge in [0.2, 0.25) is 0 Å². The van der Waals surface area contributed by atoms with Crippen LogP contribution < -0.4 is 10.6 Å². The van der Waals surface area contributed by atoms with Gasteiger partial charge in [0.25, 0.3) is 5.91 Å². The van der Waals surface area contributed by atoms with E-state index in [0.717, 1.165) is 24.3 Å². The van der Waals surface area contributed by atoms with Gasteiger partial charge in [0.15, 0.2) is 0 Å². The van der Waals surface area contributed by atoms with Crippen molar-refractivity contribution in [2.45, 2.75) is 24.9 Å². The van der Waals surface area contributed by atoms with Crippen molar-refractivity contribution in [1.29, 1.82) is 0 Å². The summed E-state index contributed by atoms with van der Waals surface area (Å²) >= 11 is 11.6. The Bertz CT molecular complexity index is 1010. The number of anilines is 1. The fourth-order valence-electron chi connectivity index (χ4n) is 2.53. The third-order valence-electron chi connectivity index (χ3n) is 4.01. The zero-order chi connectivity index (χ0) is 24.3. The van der Waals surface area contributed by atoms with Crippen molar-refractivity contribution in [3.05, 3.63) is 63.6 Å². The third-order valence-corrected chi connectivity index (χ3v) is 4.55. The van der Waals surface area contributed by atoms with E-state index in [1.54, 1.807) is 5.32 Å². The average molecular weight is 503 g/mol. The van der Waals surface area contributed by atoms with Gasteiger partial charge in [-0.2, -0.15) is 26.3 Å². The molecule has 0 radical (unpaired) electrons. The Morgan fingerprint density at radius 3 is 2.19 bits per heavy atom. The van der Waals surface area contributed by atoms with Crippen LogP contribution in [0.2, 0.25) is 10.0 Å². The van der Waals surface area contributed by atoms with Gasteiger partial charge < -0.3 is 15.4 Å². The Kier molecular flexibility index (Phi) is 7.56. The first kappa shape index (κ1) is 25.6. The first-order valence-corrected chi connectivity index (χ1v) is 9.44. The van der Waals surface area contributed by atoms with Crippen LogP contribution in [0.25, 0.3) is 0 Å². The SMILES string of the molecule is CCOC(=O)C(NC(=O)c1ccc(Cl)cc1Cl)(Nc1cccc(C(F)(F)F)c1)C(F)(F)F. The highest BCUT2D eigenvalue weighted by Crippen LogP contribution is 2.36. The van der Waals surface area contributed by atoms with Gasteiger partial charge >= 0.3 is 24.0 Å². The highest BCUT2D eigenvalue weighted by Gasteiger charge is 2.63. The van der Waals surface area contributed by atoms with Crippen LogP contribution in [0.3, 0.4) is 0 Å². The number of ether oxygens (including phenoxy) is 1. The Balaban J connectivity index is 2.59. The van der Waals surface area contributed by atoms with Crippen molar-refractivity contribution in [3.63, 3.8) is 0 Å². The van der Waals surface area contributed by atoms with Gasteiger partial charge in [-0.1, -0.05) is 29.3 Å². The monoisotopic (exact) mass is 502 g/mol.